The number of halogens is 5. The summed E-state index contributed by atoms with van der Waals surface area (Å²) in [5.41, 5.74) is 2.08. The largest absolute Gasteiger partial charge is 0.491 e. The van der Waals surface area contributed by atoms with Crippen molar-refractivity contribution in [2.24, 2.45) is 5.92 Å². The number of H-pyrrole nitrogens is 1. The van der Waals surface area contributed by atoms with Crippen molar-refractivity contribution in [3.8, 4) is 5.75 Å². The Morgan fingerprint density at radius 2 is 1.85 bits per heavy atom. The number of anilines is 1. The number of alkyl halides is 3. The molecule has 0 aliphatic carbocycles. The minimum atomic E-state index is -4.70. The summed E-state index contributed by atoms with van der Waals surface area (Å²) in [5.74, 6) is -0.753. The molecule has 6 nitrogen and oxygen atoms in total. The van der Waals surface area contributed by atoms with Crippen LogP contribution in [0.15, 0.2) is 48.8 Å². The summed E-state index contributed by atoms with van der Waals surface area (Å²) in [6.07, 6.45) is -1.98. The van der Waals surface area contributed by atoms with Crippen molar-refractivity contribution in [3.63, 3.8) is 0 Å². The van der Waals surface area contributed by atoms with Crippen molar-refractivity contribution in [1.29, 1.82) is 0 Å². The molecule has 11 heteroatoms. The predicted molar refractivity (Wildman–Crippen MR) is 146 cm³/mol. The van der Waals surface area contributed by atoms with E-state index in [0.717, 1.165) is 27.5 Å². The van der Waals surface area contributed by atoms with E-state index >= 15 is 4.39 Å². The van der Waals surface area contributed by atoms with Crippen molar-refractivity contribution < 1.29 is 26.7 Å². The average Bonchev–Trinajstić information content (AvgIpc) is 3.57. The van der Waals surface area contributed by atoms with Gasteiger partial charge in [0.25, 0.3) is 0 Å². The number of hydrogen-bond donors (Lipinski definition) is 1. The second-order valence-corrected chi connectivity index (χ2v) is 10.8. The van der Waals surface area contributed by atoms with Crippen LogP contribution in [0.3, 0.4) is 0 Å². The van der Waals surface area contributed by atoms with Gasteiger partial charge < -0.3 is 14.6 Å². The highest BCUT2D eigenvalue weighted by Gasteiger charge is 2.33. The van der Waals surface area contributed by atoms with Gasteiger partial charge in [0.2, 0.25) is 0 Å². The molecule has 41 heavy (non-hydrogen) atoms. The number of hydrogen-bond acceptors (Lipinski definition) is 4. The molecule has 0 fully saturated rings. The lowest BCUT2D eigenvalue weighted by Crippen LogP contribution is -2.31. The van der Waals surface area contributed by atoms with Crippen LogP contribution in [0.5, 0.6) is 5.75 Å². The van der Waals surface area contributed by atoms with Crippen LogP contribution in [0.1, 0.15) is 30.7 Å². The molecule has 210 valence electrons. The van der Waals surface area contributed by atoms with Gasteiger partial charge in [0.05, 0.1) is 28.9 Å². The van der Waals surface area contributed by atoms with Gasteiger partial charge in [-0.1, -0.05) is 26.0 Å². The van der Waals surface area contributed by atoms with Crippen molar-refractivity contribution >= 4 is 43.9 Å². The molecule has 1 aliphatic heterocycles. The molecule has 0 saturated heterocycles. The van der Waals surface area contributed by atoms with Gasteiger partial charge in [-0.05, 0) is 30.2 Å². The van der Waals surface area contributed by atoms with E-state index in [9.17, 15) is 17.6 Å². The second kappa shape index (κ2) is 9.05. The van der Waals surface area contributed by atoms with E-state index in [1.165, 1.54) is 6.07 Å². The molecule has 6 aromatic rings. The fraction of sp³-hybridized carbons (Fsp3) is 0.267. The van der Waals surface area contributed by atoms with Crippen LogP contribution < -0.4 is 9.64 Å². The first-order valence-electron chi connectivity index (χ1n) is 13.3. The first kappa shape index (κ1) is 25.6. The lowest BCUT2D eigenvalue weighted by atomic mass is 9.97. The molecular formula is C30H24F5N5O. The van der Waals surface area contributed by atoms with Crippen molar-refractivity contribution in [1.82, 2.24) is 19.6 Å². The highest BCUT2D eigenvalue weighted by molar-refractivity contribution is 6.24. The molecule has 7 rings (SSSR count). The van der Waals surface area contributed by atoms with E-state index in [-0.39, 0.29) is 18.3 Å². The zero-order valence-corrected chi connectivity index (χ0v) is 22.1. The standard InChI is InChI=1S/C30H24F5N5O/c1-15(2)14-41-24-5-3-4-18-25-17-6-8-36-26(17)21(31)11-19(25)27-20-13-39(9-7-23(20)38-40(27)28(18)24)29-22(32)10-16(12-37-29)30(33,34)35/h3-6,8,10-12,15,36H,7,9,13-14H2,1-2H3. The number of nitrogens with zero attached hydrogens (tertiary/aromatic N) is 4. The van der Waals surface area contributed by atoms with Crippen LogP contribution in [0.4, 0.5) is 27.8 Å². The number of para-hydroxylation sites is 1. The van der Waals surface area contributed by atoms with E-state index in [0.29, 0.717) is 59.4 Å². The maximum Gasteiger partial charge on any atom is 0.417 e. The zero-order valence-electron chi connectivity index (χ0n) is 22.1. The number of rotatable bonds is 4. The van der Waals surface area contributed by atoms with Crippen LogP contribution in [0.25, 0.3) is 38.1 Å². The maximum absolute atomic E-state index is 15.4. The summed E-state index contributed by atoms with van der Waals surface area (Å²) in [6, 6.07) is 9.50. The van der Waals surface area contributed by atoms with Crippen LogP contribution in [0, 0.1) is 17.6 Å². The highest BCUT2D eigenvalue weighted by atomic mass is 19.4. The van der Waals surface area contributed by atoms with Gasteiger partial charge >= 0.3 is 6.18 Å². The monoisotopic (exact) mass is 565 g/mol. The second-order valence-electron chi connectivity index (χ2n) is 10.8. The summed E-state index contributed by atoms with van der Waals surface area (Å²) in [6.45, 7) is 5.02. The van der Waals surface area contributed by atoms with E-state index in [1.807, 2.05) is 24.3 Å². The normalized spacial score (nSPS) is 14.2. The summed E-state index contributed by atoms with van der Waals surface area (Å²) in [4.78, 5) is 8.43. The van der Waals surface area contributed by atoms with E-state index in [1.54, 1.807) is 15.6 Å². The lowest BCUT2D eigenvalue weighted by Gasteiger charge is -2.28. The third-order valence-electron chi connectivity index (χ3n) is 7.59. The molecule has 1 N–H and O–H groups in total. The van der Waals surface area contributed by atoms with Crippen molar-refractivity contribution in [2.75, 3.05) is 18.1 Å². The molecule has 4 aromatic heterocycles. The third-order valence-corrected chi connectivity index (χ3v) is 7.59. The Morgan fingerprint density at radius 1 is 1.02 bits per heavy atom. The maximum atomic E-state index is 15.4. The Hall–Kier alpha value is -4.41. The molecule has 1 aliphatic rings. The summed E-state index contributed by atoms with van der Waals surface area (Å²) in [5, 5.41) is 7.91. The summed E-state index contributed by atoms with van der Waals surface area (Å²) in [7, 11) is 0. The lowest BCUT2D eigenvalue weighted by molar-refractivity contribution is -0.138. The number of aromatic nitrogens is 4. The van der Waals surface area contributed by atoms with Gasteiger partial charge in [0.15, 0.2) is 11.6 Å². The van der Waals surface area contributed by atoms with E-state index < -0.39 is 23.4 Å². The van der Waals surface area contributed by atoms with Crippen molar-refractivity contribution in [3.05, 3.63) is 77.2 Å². The SMILES string of the molecule is CC(C)COc1cccc2c3c4cc[nH]c4c(F)cc3c3c4c(nn3c12)CCN(c1ncc(C(F)(F)F)cc1F)C4. The van der Waals surface area contributed by atoms with Gasteiger partial charge in [-0.2, -0.15) is 18.3 Å². The molecule has 0 amide bonds. The molecule has 0 atom stereocenters. The summed E-state index contributed by atoms with van der Waals surface area (Å²) < 4.78 is 77.7. The van der Waals surface area contributed by atoms with Crippen LogP contribution >= 0.6 is 0 Å². The van der Waals surface area contributed by atoms with Gasteiger partial charge in [-0.3, -0.25) is 0 Å². The smallest absolute Gasteiger partial charge is 0.417 e. The first-order valence-corrected chi connectivity index (χ1v) is 13.3. The minimum Gasteiger partial charge on any atom is -0.491 e. The van der Waals surface area contributed by atoms with Crippen LogP contribution in [0.2, 0.25) is 0 Å². The molecule has 0 spiro atoms. The zero-order chi connectivity index (χ0) is 28.6. The Labute approximate surface area is 230 Å². The Morgan fingerprint density at radius 3 is 2.61 bits per heavy atom. The molecular weight excluding hydrogens is 541 g/mol. The summed E-state index contributed by atoms with van der Waals surface area (Å²) >= 11 is 0. The van der Waals surface area contributed by atoms with Gasteiger partial charge in [-0.25, -0.2) is 18.3 Å². The third kappa shape index (κ3) is 3.97. The molecule has 0 radical (unpaired) electrons. The predicted octanol–water partition coefficient (Wildman–Crippen LogP) is 7.41. The number of fused-ring (bicyclic) bond motifs is 10. The Kier molecular flexibility index (Phi) is 5.64. The molecule has 0 bridgehead atoms. The number of benzene rings is 2. The molecule has 5 heterocycles. The van der Waals surface area contributed by atoms with Gasteiger partial charge in [0, 0.05) is 59.0 Å². The minimum absolute atomic E-state index is 0.135. The fourth-order valence-electron chi connectivity index (χ4n) is 5.79. The number of aromatic amines is 1. The molecule has 0 unspecified atom stereocenters. The van der Waals surface area contributed by atoms with Crippen LogP contribution in [-0.4, -0.2) is 32.7 Å². The van der Waals surface area contributed by atoms with Crippen molar-refractivity contribution in [2.45, 2.75) is 33.0 Å². The Balaban J connectivity index is 1.49. The van der Waals surface area contributed by atoms with E-state index in [4.69, 9.17) is 9.84 Å². The number of nitrogens with one attached hydrogen (secondary N) is 1. The molecule has 0 saturated carbocycles. The number of ether oxygens (including phenoxy) is 1. The number of pyridine rings is 2. The average molecular weight is 566 g/mol. The van der Waals surface area contributed by atoms with Crippen LogP contribution in [-0.2, 0) is 19.1 Å². The van der Waals surface area contributed by atoms with E-state index in [2.05, 4.69) is 23.8 Å². The quantitative estimate of drug-likeness (QED) is 0.179. The molecule has 2 aromatic carbocycles. The van der Waals surface area contributed by atoms with Gasteiger partial charge in [-0.15, -0.1) is 0 Å². The first-order chi connectivity index (χ1) is 19.6. The Bertz CT molecular complexity index is 1990. The fourth-order valence-corrected chi connectivity index (χ4v) is 5.79. The van der Waals surface area contributed by atoms with Gasteiger partial charge in [0.1, 0.15) is 17.1 Å². The topological polar surface area (TPSA) is 58.4 Å². The highest BCUT2D eigenvalue weighted by Crippen LogP contribution is 2.42.